The molecule has 6 heteroatoms. The Morgan fingerprint density at radius 1 is 1.35 bits per heavy atom. The molecule has 1 fully saturated rings. The van der Waals surface area contributed by atoms with E-state index in [1.54, 1.807) is 0 Å². The Morgan fingerprint density at radius 2 is 2.09 bits per heavy atom. The Balaban J connectivity index is 1.96. The zero-order chi connectivity index (χ0) is 16.7. The number of nitrogens with one attached hydrogen (secondary N) is 2. The standard InChI is InChI=1S/C17H29N5O/c1-4-18-17(21-14-5-7-15(23)8-6-14)20-12-13-9-10-19-16(11-13)22(2)3/h9-11,14-15,23H,4-8,12H2,1-3H3,(H2,18,20,21). The van der Waals surface area contributed by atoms with Crippen molar-refractivity contribution in [1.82, 2.24) is 15.6 Å². The Morgan fingerprint density at radius 3 is 2.74 bits per heavy atom. The summed E-state index contributed by atoms with van der Waals surface area (Å²) in [5.74, 6) is 1.79. The Labute approximate surface area is 139 Å². The van der Waals surface area contributed by atoms with Crippen LogP contribution in [0.2, 0.25) is 0 Å². The molecule has 2 rings (SSSR count). The monoisotopic (exact) mass is 319 g/mol. The van der Waals surface area contributed by atoms with E-state index in [2.05, 4.69) is 33.6 Å². The number of anilines is 1. The summed E-state index contributed by atoms with van der Waals surface area (Å²) >= 11 is 0. The predicted octanol–water partition coefficient (Wildman–Crippen LogP) is 1.51. The second-order valence-corrected chi connectivity index (χ2v) is 6.26. The minimum Gasteiger partial charge on any atom is -0.393 e. The van der Waals surface area contributed by atoms with Crippen LogP contribution in [0, 0.1) is 0 Å². The van der Waals surface area contributed by atoms with E-state index in [1.165, 1.54) is 0 Å². The maximum atomic E-state index is 9.60. The Kier molecular flexibility index (Phi) is 6.65. The SMILES string of the molecule is CCNC(=NCc1ccnc(N(C)C)c1)NC1CCC(O)CC1. The van der Waals surface area contributed by atoms with Gasteiger partial charge >= 0.3 is 0 Å². The van der Waals surface area contributed by atoms with Crippen molar-refractivity contribution in [3.8, 4) is 0 Å². The quantitative estimate of drug-likeness (QED) is 0.567. The third kappa shape index (κ3) is 5.71. The molecule has 1 saturated carbocycles. The van der Waals surface area contributed by atoms with Gasteiger partial charge in [0.2, 0.25) is 0 Å². The number of guanidine groups is 1. The number of aliphatic imine (C=N–C) groups is 1. The van der Waals surface area contributed by atoms with Crippen LogP contribution < -0.4 is 15.5 Å². The van der Waals surface area contributed by atoms with E-state index in [0.29, 0.717) is 12.6 Å². The molecule has 0 aliphatic heterocycles. The van der Waals surface area contributed by atoms with Gasteiger partial charge in [0, 0.05) is 32.9 Å². The summed E-state index contributed by atoms with van der Waals surface area (Å²) in [6, 6.07) is 4.45. The van der Waals surface area contributed by atoms with Crippen LogP contribution in [0.4, 0.5) is 5.82 Å². The van der Waals surface area contributed by atoms with Crippen LogP contribution in [0.1, 0.15) is 38.2 Å². The van der Waals surface area contributed by atoms with Gasteiger partial charge in [0.1, 0.15) is 5.82 Å². The van der Waals surface area contributed by atoms with E-state index in [0.717, 1.165) is 49.6 Å². The summed E-state index contributed by atoms with van der Waals surface area (Å²) in [6.07, 6.45) is 5.41. The van der Waals surface area contributed by atoms with Gasteiger partial charge in [0.25, 0.3) is 0 Å². The lowest BCUT2D eigenvalue weighted by Gasteiger charge is -2.27. The summed E-state index contributed by atoms with van der Waals surface area (Å²) in [5.41, 5.74) is 1.14. The number of aliphatic hydroxyl groups excluding tert-OH is 1. The number of hydrogen-bond donors (Lipinski definition) is 3. The van der Waals surface area contributed by atoms with Gasteiger partial charge in [-0.05, 0) is 50.3 Å². The fourth-order valence-corrected chi connectivity index (χ4v) is 2.71. The largest absolute Gasteiger partial charge is 0.393 e. The van der Waals surface area contributed by atoms with Crippen molar-refractivity contribution in [2.45, 2.75) is 51.3 Å². The lowest BCUT2D eigenvalue weighted by molar-refractivity contribution is 0.120. The number of pyridine rings is 1. The molecule has 0 saturated heterocycles. The maximum Gasteiger partial charge on any atom is 0.191 e. The lowest BCUT2D eigenvalue weighted by atomic mass is 9.93. The number of rotatable bonds is 5. The highest BCUT2D eigenvalue weighted by atomic mass is 16.3. The maximum absolute atomic E-state index is 9.60. The third-order valence-electron chi connectivity index (χ3n) is 4.07. The van der Waals surface area contributed by atoms with Crippen LogP contribution in [-0.2, 0) is 6.54 Å². The number of aliphatic hydroxyl groups is 1. The van der Waals surface area contributed by atoms with Crippen LogP contribution in [0.15, 0.2) is 23.3 Å². The van der Waals surface area contributed by atoms with Crippen molar-refractivity contribution in [2.75, 3.05) is 25.5 Å². The summed E-state index contributed by atoms with van der Waals surface area (Å²) < 4.78 is 0. The van der Waals surface area contributed by atoms with Crippen LogP contribution in [0.25, 0.3) is 0 Å². The van der Waals surface area contributed by atoms with Crippen LogP contribution in [0.3, 0.4) is 0 Å². The normalized spacial score (nSPS) is 21.8. The van der Waals surface area contributed by atoms with E-state index < -0.39 is 0 Å². The van der Waals surface area contributed by atoms with E-state index >= 15 is 0 Å². The first-order chi connectivity index (χ1) is 11.1. The first kappa shape index (κ1) is 17.5. The first-order valence-corrected chi connectivity index (χ1v) is 8.43. The Bertz CT molecular complexity index is 509. The van der Waals surface area contributed by atoms with Gasteiger partial charge in [-0.1, -0.05) is 0 Å². The molecule has 23 heavy (non-hydrogen) atoms. The van der Waals surface area contributed by atoms with Gasteiger partial charge in [-0.2, -0.15) is 0 Å². The molecule has 1 aromatic heterocycles. The fourth-order valence-electron chi connectivity index (χ4n) is 2.71. The minimum atomic E-state index is -0.131. The molecule has 0 unspecified atom stereocenters. The third-order valence-corrected chi connectivity index (χ3v) is 4.07. The van der Waals surface area contributed by atoms with Crippen LogP contribution in [-0.4, -0.2) is 48.8 Å². The highest BCUT2D eigenvalue weighted by Crippen LogP contribution is 2.18. The molecule has 0 atom stereocenters. The van der Waals surface area contributed by atoms with Gasteiger partial charge in [-0.15, -0.1) is 0 Å². The van der Waals surface area contributed by atoms with Gasteiger partial charge in [-0.25, -0.2) is 9.98 Å². The molecule has 0 aromatic carbocycles. The highest BCUT2D eigenvalue weighted by molar-refractivity contribution is 5.80. The molecule has 1 aromatic rings. The van der Waals surface area contributed by atoms with Crippen molar-refractivity contribution in [3.63, 3.8) is 0 Å². The molecule has 0 radical (unpaired) electrons. The van der Waals surface area contributed by atoms with Gasteiger partial charge in [0.05, 0.1) is 12.6 Å². The smallest absolute Gasteiger partial charge is 0.191 e. The van der Waals surface area contributed by atoms with E-state index in [4.69, 9.17) is 0 Å². The highest BCUT2D eigenvalue weighted by Gasteiger charge is 2.19. The zero-order valence-corrected chi connectivity index (χ0v) is 14.4. The van der Waals surface area contributed by atoms with Crippen LogP contribution in [0.5, 0.6) is 0 Å². The van der Waals surface area contributed by atoms with E-state index in [1.807, 2.05) is 31.3 Å². The van der Waals surface area contributed by atoms with E-state index in [-0.39, 0.29) is 6.10 Å². The second-order valence-electron chi connectivity index (χ2n) is 6.26. The molecule has 128 valence electrons. The number of aromatic nitrogens is 1. The first-order valence-electron chi connectivity index (χ1n) is 8.43. The molecule has 1 heterocycles. The average Bonchev–Trinajstić information content (AvgIpc) is 2.55. The second kappa shape index (κ2) is 8.72. The minimum absolute atomic E-state index is 0.131. The van der Waals surface area contributed by atoms with Crippen molar-refractivity contribution >= 4 is 11.8 Å². The lowest BCUT2D eigenvalue weighted by Crippen LogP contribution is -2.45. The molecule has 3 N–H and O–H groups in total. The van der Waals surface area contributed by atoms with Gasteiger partial charge in [0.15, 0.2) is 5.96 Å². The molecule has 1 aliphatic carbocycles. The van der Waals surface area contributed by atoms with Gasteiger partial charge in [-0.3, -0.25) is 0 Å². The molecule has 0 bridgehead atoms. The number of hydrogen-bond acceptors (Lipinski definition) is 4. The van der Waals surface area contributed by atoms with Gasteiger partial charge < -0.3 is 20.6 Å². The molecule has 1 aliphatic rings. The molecule has 0 amide bonds. The predicted molar refractivity (Wildman–Crippen MR) is 94.8 cm³/mol. The van der Waals surface area contributed by atoms with Crippen molar-refractivity contribution in [2.24, 2.45) is 4.99 Å². The molecular weight excluding hydrogens is 290 g/mol. The van der Waals surface area contributed by atoms with Crippen molar-refractivity contribution in [3.05, 3.63) is 23.9 Å². The molecule has 0 spiro atoms. The molecular formula is C17H29N5O. The molecule has 6 nitrogen and oxygen atoms in total. The van der Waals surface area contributed by atoms with Crippen molar-refractivity contribution < 1.29 is 5.11 Å². The summed E-state index contributed by atoms with van der Waals surface area (Å²) in [5, 5.41) is 16.4. The summed E-state index contributed by atoms with van der Waals surface area (Å²) in [6.45, 7) is 3.52. The number of nitrogens with zero attached hydrogens (tertiary/aromatic N) is 3. The zero-order valence-electron chi connectivity index (χ0n) is 14.4. The van der Waals surface area contributed by atoms with Crippen molar-refractivity contribution in [1.29, 1.82) is 0 Å². The summed E-state index contributed by atoms with van der Waals surface area (Å²) in [7, 11) is 3.97. The Hall–Kier alpha value is -1.82. The topological polar surface area (TPSA) is 72.8 Å². The van der Waals surface area contributed by atoms with Crippen LogP contribution >= 0.6 is 0 Å². The average molecular weight is 319 g/mol. The van der Waals surface area contributed by atoms with E-state index in [9.17, 15) is 5.11 Å². The fraction of sp³-hybridized carbons (Fsp3) is 0.647. The summed E-state index contributed by atoms with van der Waals surface area (Å²) in [4.78, 5) is 11.0.